The maximum Gasteiger partial charge on any atom is 0.255 e. The van der Waals surface area contributed by atoms with Crippen LogP contribution in [0.5, 0.6) is 5.75 Å². The second-order valence-corrected chi connectivity index (χ2v) is 10.4. The molecule has 0 fully saturated rings. The van der Waals surface area contributed by atoms with Crippen molar-refractivity contribution in [3.63, 3.8) is 0 Å². The number of sulfone groups is 1. The number of nitrogen functional groups attached to an aromatic ring is 2. The molecule has 37 heavy (non-hydrogen) atoms. The van der Waals surface area contributed by atoms with Crippen LogP contribution in [-0.4, -0.2) is 32.2 Å². The fourth-order valence-corrected chi connectivity index (χ4v) is 4.29. The molecule has 0 aliphatic heterocycles. The van der Waals surface area contributed by atoms with Gasteiger partial charge in [0, 0.05) is 32.3 Å². The Bertz CT molecular complexity index is 1520. The van der Waals surface area contributed by atoms with Crippen molar-refractivity contribution in [3.8, 4) is 17.0 Å². The van der Waals surface area contributed by atoms with E-state index in [2.05, 4.69) is 15.7 Å². The minimum atomic E-state index is -3.61. The van der Waals surface area contributed by atoms with Gasteiger partial charge in [0.15, 0.2) is 15.7 Å². The zero-order valence-corrected chi connectivity index (χ0v) is 21.0. The number of nitrogens with zero attached hydrogens (tertiary/aromatic N) is 1. The van der Waals surface area contributed by atoms with E-state index in [-0.39, 0.29) is 19.1 Å². The summed E-state index contributed by atoms with van der Waals surface area (Å²) in [4.78, 5) is 17.4. The first-order valence-corrected chi connectivity index (χ1v) is 13.3. The van der Waals surface area contributed by atoms with Crippen molar-refractivity contribution in [3.05, 3.63) is 96.1 Å². The van der Waals surface area contributed by atoms with Gasteiger partial charge in [0.2, 0.25) is 0 Å². The highest BCUT2D eigenvalue weighted by Crippen LogP contribution is 2.27. The van der Waals surface area contributed by atoms with Gasteiger partial charge in [-0.05, 0) is 60.2 Å². The Kier molecular flexibility index (Phi) is 7.71. The van der Waals surface area contributed by atoms with Gasteiger partial charge in [0.05, 0.1) is 22.9 Å². The Labute approximate surface area is 218 Å². The summed E-state index contributed by atoms with van der Waals surface area (Å²) >= 11 is 0. The van der Waals surface area contributed by atoms with Crippen molar-refractivity contribution in [2.75, 3.05) is 29.3 Å². The van der Waals surface area contributed by atoms with E-state index in [0.717, 1.165) is 12.7 Å². The highest BCUT2D eigenvalue weighted by atomic mass is 32.2. The summed E-state index contributed by atoms with van der Waals surface area (Å²) in [5.74, 6) is 5.90. The molecule has 0 spiro atoms. The minimum absolute atomic E-state index is 0. The summed E-state index contributed by atoms with van der Waals surface area (Å²) in [5.41, 5.74) is 11.3. The number of nitrogens with two attached hydrogens (primary N) is 2. The van der Waals surface area contributed by atoms with Crippen LogP contribution >= 0.6 is 0 Å². The van der Waals surface area contributed by atoms with Gasteiger partial charge in [-0.15, -0.1) is 0 Å². The first-order valence-electron chi connectivity index (χ1n) is 11.4. The molecule has 194 valence electrons. The molecule has 6 N–H and O–H groups in total. The Morgan fingerprint density at radius 2 is 1.73 bits per heavy atom. The number of aromatic nitrogens is 1. The van der Waals surface area contributed by atoms with Gasteiger partial charge < -0.3 is 21.2 Å². The van der Waals surface area contributed by atoms with Crippen LogP contribution in [-0.2, 0) is 16.3 Å². The summed E-state index contributed by atoms with van der Waals surface area (Å²) in [7, 11) is -3.61. The number of amides is 1. The van der Waals surface area contributed by atoms with E-state index in [0.29, 0.717) is 35.0 Å². The third kappa shape index (κ3) is 6.63. The third-order valence-electron chi connectivity index (χ3n) is 5.57. The number of pyridine rings is 1. The normalized spacial score (nSPS) is 11.1. The Balaban J connectivity index is 0.00000267. The molecular weight excluding hydrogens is 490 g/mol. The molecule has 1 amide bonds. The van der Waals surface area contributed by atoms with Gasteiger partial charge in [0.1, 0.15) is 5.75 Å². The molecule has 0 saturated heterocycles. The zero-order valence-electron chi connectivity index (χ0n) is 20.1. The minimum Gasteiger partial charge on any atom is -0.493 e. The van der Waals surface area contributed by atoms with E-state index in [1.807, 2.05) is 30.3 Å². The van der Waals surface area contributed by atoms with E-state index in [1.165, 1.54) is 17.7 Å². The van der Waals surface area contributed by atoms with E-state index >= 15 is 0 Å². The van der Waals surface area contributed by atoms with E-state index in [4.69, 9.17) is 16.3 Å². The number of rotatable bonds is 9. The predicted molar refractivity (Wildman–Crippen MR) is 149 cm³/mol. The van der Waals surface area contributed by atoms with E-state index in [9.17, 15) is 13.2 Å². The molecule has 0 unspecified atom stereocenters. The van der Waals surface area contributed by atoms with Crippen molar-refractivity contribution < 1.29 is 20.8 Å². The quantitative estimate of drug-likeness (QED) is 0.187. The number of carbonyl (C=O) groups excluding carboxylic acids is 1. The zero-order chi connectivity index (χ0) is 26.4. The first-order chi connectivity index (χ1) is 17.7. The van der Waals surface area contributed by atoms with Crippen LogP contribution in [0.2, 0.25) is 0 Å². The Hall–Kier alpha value is -4.41. The maximum atomic E-state index is 13.1. The molecule has 0 bridgehead atoms. The highest BCUT2D eigenvalue weighted by molar-refractivity contribution is 7.90. The first kappa shape index (κ1) is 25.7. The topological polar surface area (TPSA) is 149 Å². The summed E-state index contributed by atoms with van der Waals surface area (Å²) in [5, 5.41) is 2.79. The molecule has 4 rings (SSSR count). The van der Waals surface area contributed by atoms with Crippen LogP contribution in [0.15, 0.2) is 89.8 Å². The second-order valence-electron chi connectivity index (χ2n) is 8.36. The second kappa shape index (κ2) is 11.1. The van der Waals surface area contributed by atoms with Gasteiger partial charge in [-0.25, -0.2) is 19.2 Å². The van der Waals surface area contributed by atoms with Crippen LogP contribution in [0.4, 0.5) is 17.2 Å². The number of nitrogens with one attached hydrogen (secondary N) is 2. The lowest BCUT2D eigenvalue weighted by molar-refractivity contribution is 0.102. The summed E-state index contributed by atoms with van der Waals surface area (Å²) in [6.45, 7) is 0.525. The average molecular weight is 522 g/mol. The number of ether oxygens (including phenoxy) is 1. The molecule has 1 aromatic heterocycles. The molecule has 0 aliphatic carbocycles. The Morgan fingerprint density at radius 3 is 2.41 bits per heavy atom. The van der Waals surface area contributed by atoms with E-state index in [1.54, 1.807) is 42.5 Å². The van der Waals surface area contributed by atoms with Crippen LogP contribution in [0, 0.1) is 0 Å². The maximum absolute atomic E-state index is 13.1. The largest absolute Gasteiger partial charge is 0.493 e. The fraction of sp³-hybridized carbons (Fsp3) is 0.111. The average Bonchev–Trinajstić information content (AvgIpc) is 2.90. The summed E-state index contributed by atoms with van der Waals surface area (Å²) in [6.07, 6.45) is 1.86. The molecule has 1 heterocycles. The summed E-state index contributed by atoms with van der Waals surface area (Å²) in [6, 6.07) is 24.6. The molecule has 4 aromatic rings. The van der Waals surface area contributed by atoms with Crippen molar-refractivity contribution in [2.45, 2.75) is 11.3 Å². The number of hydrogen-bond acceptors (Lipinski definition) is 8. The van der Waals surface area contributed by atoms with E-state index < -0.39 is 15.7 Å². The van der Waals surface area contributed by atoms with Gasteiger partial charge in [0.25, 0.3) is 5.91 Å². The monoisotopic (exact) mass is 521 g/mol. The smallest absolute Gasteiger partial charge is 0.255 e. The molecule has 0 aliphatic rings. The van der Waals surface area contributed by atoms with Gasteiger partial charge in [-0.3, -0.25) is 4.79 Å². The van der Waals surface area contributed by atoms with Crippen LogP contribution in [0.25, 0.3) is 11.3 Å². The SMILES string of the molecule is CS(=O)(=O)c1cc(C(=O)Nc2ccc(OCCc3ccccc3)cc2)cc(-c2ccc(N)c(NN)n2)c1.[HH].[HH]. The number of hydrogen-bond donors (Lipinski definition) is 4. The number of carbonyl (C=O) groups is 1. The van der Waals surface area contributed by atoms with Crippen LogP contribution in [0.3, 0.4) is 0 Å². The molecule has 10 heteroatoms. The van der Waals surface area contributed by atoms with Crippen LogP contribution in [0.1, 0.15) is 18.8 Å². The molecule has 0 radical (unpaired) electrons. The number of anilines is 3. The van der Waals surface area contributed by atoms with Crippen molar-refractivity contribution in [1.29, 1.82) is 0 Å². The Morgan fingerprint density at radius 1 is 1.00 bits per heavy atom. The van der Waals surface area contributed by atoms with Crippen molar-refractivity contribution in [1.82, 2.24) is 4.98 Å². The van der Waals surface area contributed by atoms with Gasteiger partial charge in [-0.2, -0.15) is 0 Å². The molecule has 3 aromatic carbocycles. The van der Waals surface area contributed by atoms with Gasteiger partial charge in [-0.1, -0.05) is 30.3 Å². The summed E-state index contributed by atoms with van der Waals surface area (Å²) < 4.78 is 30.4. The molecule has 0 saturated carbocycles. The molecular formula is C27H31N5O4S. The predicted octanol–water partition coefficient (Wildman–Crippen LogP) is 4.39. The van der Waals surface area contributed by atoms with Crippen LogP contribution < -0.4 is 27.1 Å². The lowest BCUT2D eigenvalue weighted by Crippen LogP contribution is -2.14. The van der Waals surface area contributed by atoms with Crippen molar-refractivity contribution >= 4 is 32.9 Å². The standard InChI is InChI=1S/C27H27N5O4S.2H2/c1-37(34,35)23-16-19(25-12-11-24(28)26(31-25)32-29)15-20(17-23)27(33)30-21-7-9-22(10-8-21)36-14-13-18-5-3-2-4-6-18;;/h2-12,15-17H,13-14,28-29H2,1H3,(H,30,33)(H,31,32);2*1H. The number of hydrazine groups is 1. The lowest BCUT2D eigenvalue weighted by Gasteiger charge is -2.12. The molecule has 9 nitrogen and oxygen atoms in total. The number of benzene rings is 3. The highest BCUT2D eigenvalue weighted by Gasteiger charge is 2.17. The van der Waals surface area contributed by atoms with Crippen molar-refractivity contribution in [2.24, 2.45) is 5.84 Å². The van der Waals surface area contributed by atoms with Gasteiger partial charge >= 0.3 is 0 Å². The third-order valence-corrected chi connectivity index (χ3v) is 6.66. The fourth-order valence-electron chi connectivity index (χ4n) is 3.61. The molecule has 0 atom stereocenters. The lowest BCUT2D eigenvalue weighted by atomic mass is 10.1.